The Bertz CT molecular complexity index is 419. The van der Waals surface area contributed by atoms with E-state index < -0.39 is 0 Å². The van der Waals surface area contributed by atoms with Crippen molar-refractivity contribution in [2.24, 2.45) is 5.41 Å². The van der Waals surface area contributed by atoms with E-state index in [0.717, 1.165) is 5.69 Å². The second kappa shape index (κ2) is 3.94. The van der Waals surface area contributed by atoms with Crippen molar-refractivity contribution in [2.75, 3.05) is 23.7 Å². The summed E-state index contributed by atoms with van der Waals surface area (Å²) in [7, 11) is 0. The predicted molar refractivity (Wildman–Crippen MR) is 73.3 cm³/mol. The van der Waals surface area contributed by atoms with Gasteiger partial charge in [-0.05, 0) is 43.2 Å². The van der Waals surface area contributed by atoms with Crippen LogP contribution >= 0.6 is 0 Å². The zero-order valence-electron chi connectivity index (χ0n) is 10.7. The summed E-state index contributed by atoms with van der Waals surface area (Å²) in [5.41, 5.74) is 10.3. The van der Waals surface area contributed by atoms with Crippen LogP contribution in [0, 0.1) is 12.3 Å². The largest absolute Gasteiger partial charge is 0.397 e. The maximum Gasteiger partial charge on any atom is 0.0602 e. The van der Waals surface area contributed by atoms with Crippen LogP contribution in [0.4, 0.5) is 11.4 Å². The number of nitrogens with two attached hydrogens (primary N) is 1. The van der Waals surface area contributed by atoms with E-state index in [4.69, 9.17) is 5.73 Å². The number of para-hydroxylation sites is 1. The van der Waals surface area contributed by atoms with Crippen LogP contribution in [0.1, 0.15) is 37.7 Å². The lowest BCUT2D eigenvalue weighted by Crippen LogP contribution is -2.25. The summed E-state index contributed by atoms with van der Waals surface area (Å²) in [5.74, 6) is 0. The van der Waals surface area contributed by atoms with Gasteiger partial charge in [0.15, 0.2) is 0 Å². The molecule has 1 aliphatic carbocycles. The highest BCUT2D eigenvalue weighted by Crippen LogP contribution is 2.47. The Kier molecular flexibility index (Phi) is 2.53. The second-order valence-electron chi connectivity index (χ2n) is 5.89. The third-order valence-corrected chi connectivity index (χ3v) is 4.74. The first-order valence-electron chi connectivity index (χ1n) is 6.80. The topological polar surface area (TPSA) is 29.3 Å². The molecule has 1 saturated heterocycles. The van der Waals surface area contributed by atoms with Gasteiger partial charge in [0.05, 0.1) is 11.4 Å². The maximum absolute atomic E-state index is 6.21. The van der Waals surface area contributed by atoms with Crippen molar-refractivity contribution in [3.05, 3.63) is 23.8 Å². The Morgan fingerprint density at radius 3 is 2.71 bits per heavy atom. The van der Waals surface area contributed by atoms with Crippen LogP contribution in [0.3, 0.4) is 0 Å². The predicted octanol–water partition coefficient (Wildman–Crippen LogP) is 3.35. The van der Waals surface area contributed by atoms with E-state index in [9.17, 15) is 0 Å². The molecule has 0 atom stereocenters. The van der Waals surface area contributed by atoms with Crippen LogP contribution in [0.2, 0.25) is 0 Å². The molecule has 2 aliphatic rings. The molecule has 2 heteroatoms. The molecule has 1 spiro atoms. The van der Waals surface area contributed by atoms with E-state index in [0.29, 0.717) is 5.41 Å². The SMILES string of the molecule is Cc1cccc(N2CCC3(CCCC3)C2)c1N. The molecular formula is C15H22N2. The summed E-state index contributed by atoms with van der Waals surface area (Å²) in [4.78, 5) is 2.51. The van der Waals surface area contributed by atoms with Gasteiger partial charge in [0.1, 0.15) is 0 Å². The van der Waals surface area contributed by atoms with Gasteiger partial charge in [-0.1, -0.05) is 25.0 Å². The smallest absolute Gasteiger partial charge is 0.0602 e. The van der Waals surface area contributed by atoms with E-state index in [1.807, 2.05) is 0 Å². The van der Waals surface area contributed by atoms with Gasteiger partial charge in [-0.15, -0.1) is 0 Å². The van der Waals surface area contributed by atoms with Crippen LogP contribution in [0.25, 0.3) is 0 Å². The summed E-state index contributed by atoms with van der Waals surface area (Å²) in [6, 6.07) is 6.40. The minimum atomic E-state index is 0.621. The average molecular weight is 230 g/mol. The number of nitrogen functional groups attached to an aromatic ring is 1. The van der Waals surface area contributed by atoms with Crippen molar-refractivity contribution in [3.63, 3.8) is 0 Å². The molecule has 1 aliphatic heterocycles. The normalized spacial score (nSPS) is 22.5. The lowest BCUT2D eigenvalue weighted by Gasteiger charge is -2.26. The Morgan fingerprint density at radius 1 is 1.18 bits per heavy atom. The molecule has 1 aromatic carbocycles. The van der Waals surface area contributed by atoms with Crippen LogP contribution in [-0.2, 0) is 0 Å². The molecule has 0 aromatic heterocycles. The van der Waals surface area contributed by atoms with Gasteiger partial charge in [0.25, 0.3) is 0 Å². The molecular weight excluding hydrogens is 208 g/mol. The number of hydrogen-bond acceptors (Lipinski definition) is 2. The monoisotopic (exact) mass is 230 g/mol. The average Bonchev–Trinajstić information content (AvgIpc) is 2.94. The van der Waals surface area contributed by atoms with Crippen molar-refractivity contribution in [1.82, 2.24) is 0 Å². The first kappa shape index (κ1) is 10.9. The molecule has 1 heterocycles. The number of nitrogens with zero attached hydrogens (tertiary/aromatic N) is 1. The Hall–Kier alpha value is -1.18. The van der Waals surface area contributed by atoms with Crippen LogP contribution in [-0.4, -0.2) is 13.1 Å². The first-order chi connectivity index (χ1) is 8.20. The zero-order valence-corrected chi connectivity index (χ0v) is 10.7. The molecule has 2 fully saturated rings. The van der Waals surface area contributed by atoms with Crippen molar-refractivity contribution in [3.8, 4) is 0 Å². The highest BCUT2D eigenvalue weighted by atomic mass is 15.2. The third-order valence-electron chi connectivity index (χ3n) is 4.74. The number of hydrogen-bond donors (Lipinski definition) is 1. The van der Waals surface area contributed by atoms with Gasteiger partial charge >= 0.3 is 0 Å². The van der Waals surface area contributed by atoms with E-state index in [-0.39, 0.29) is 0 Å². The van der Waals surface area contributed by atoms with Gasteiger partial charge in [0.2, 0.25) is 0 Å². The van der Waals surface area contributed by atoms with Gasteiger partial charge in [-0.25, -0.2) is 0 Å². The Labute approximate surface area is 104 Å². The summed E-state index contributed by atoms with van der Waals surface area (Å²) in [5, 5.41) is 0. The molecule has 2 N–H and O–H groups in total. The van der Waals surface area contributed by atoms with Crippen molar-refractivity contribution in [1.29, 1.82) is 0 Å². The molecule has 1 saturated carbocycles. The molecule has 92 valence electrons. The quantitative estimate of drug-likeness (QED) is 0.750. The second-order valence-corrected chi connectivity index (χ2v) is 5.89. The molecule has 0 bridgehead atoms. The Balaban J connectivity index is 1.84. The van der Waals surface area contributed by atoms with Gasteiger partial charge in [0, 0.05) is 13.1 Å². The first-order valence-corrected chi connectivity index (χ1v) is 6.80. The highest BCUT2D eigenvalue weighted by molar-refractivity contribution is 5.71. The van der Waals surface area contributed by atoms with Crippen LogP contribution in [0.15, 0.2) is 18.2 Å². The minimum absolute atomic E-state index is 0.621. The summed E-state index contributed by atoms with van der Waals surface area (Å²) >= 11 is 0. The van der Waals surface area contributed by atoms with E-state index in [2.05, 4.69) is 30.0 Å². The molecule has 17 heavy (non-hydrogen) atoms. The van der Waals surface area contributed by atoms with Gasteiger partial charge in [-0.3, -0.25) is 0 Å². The van der Waals surface area contributed by atoms with Crippen molar-refractivity contribution in [2.45, 2.75) is 39.0 Å². The van der Waals surface area contributed by atoms with Crippen LogP contribution < -0.4 is 10.6 Å². The molecule has 1 aromatic rings. The minimum Gasteiger partial charge on any atom is -0.397 e. The van der Waals surface area contributed by atoms with Gasteiger partial charge < -0.3 is 10.6 Å². The zero-order chi connectivity index (χ0) is 11.9. The van der Waals surface area contributed by atoms with E-state index in [1.54, 1.807) is 0 Å². The summed E-state index contributed by atoms with van der Waals surface area (Å²) in [6.07, 6.45) is 7.07. The number of aryl methyl sites for hydroxylation is 1. The molecule has 0 unspecified atom stereocenters. The molecule has 0 amide bonds. The van der Waals surface area contributed by atoms with Crippen molar-refractivity contribution < 1.29 is 0 Å². The fourth-order valence-corrected chi connectivity index (χ4v) is 3.61. The van der Waals surface area contributed by atoms with Gasteiger partial charge in [-0.2, -0.15) is 0 Å². The summed E-state index contributed by atoms with van der Waals surface area (Å²) < 4.78 is 0. The summed E-state index contributed by atoms with van der Waals surface area (Å²) in [6.45, 7) is 4.51. The van der Waals surface area contributed by atoms with Crippen molar-refractivity contribution >= 4 is 11.4 Å². The third kappa shape index (κ3) is 1.80. The maximum atomic E-state index is 6.21. The standard InChI is InChI=1S/C15H22N2/c1-12-5-4-6-13(14(12)16)17-10-9-15(11-17)7-2-3-8-15/h4-6H,2-3,7-11,16H2,1H3. The highest BCUT2D eigenvalue weighted by Gasteiger charge is 2.40. The van der Waals surface area contributed by atoms with E-state index >= 15 is 0 Å². The number of anilines is 2. The van der Waals surface area contributed by atoms with Crippen LogP contribution in [0.5, 0.6) is 0 Å². The Morgan fingerprint density at radius 2 is 1.94 bits per heavy atom. The number of benzene rings is 1. The fourth-order valence-electron chi connectivity index (χ4n) is 3.61. The fraction of sp³-hybridized carbons (Fsp3) is 0.600. The lowest BCUT2D eigenvalue weighted by atomic mass is 9.86. The van der Waals surface area contributed by atoms with E-state index in [1.165, 1.54) is 56.4 Å². The molecule has 2 nitrogen and oxygen atoms in total. The molecule has 3 rings (SSSR count). The lowest BCUT2D eigenvalue weighted by molar-refractivity contribution is 0.341. The number of rotatable bonds is 1. The molecule has 0 radical (unpaired) electrons.